The van der Waals surface area contributed by atoms with Crippen LogP contribution in [0.1, 0.15) is 35.7 Å². The Balaban J connectivity index is 1.61. The molecule has 0 aliphatic carbocycles. The normalized spacial score (nSPS) is 23.2. The van der Waals surface area contributed by atoms with Crippen LogP contribution in [0.2, 0.25) is 0 Å². The SMILES string of the molecule is CC1ON(C(c2ccccc2)c2ccccc2)[C@H](c2ccccc2)[C@@H]1C(=O)N1CCOC1=O. The van der Waals surface area contributed by atoms with Gasteiger partial charge in [-0.3, -0.25) is 9.63 Å². The number of rotatable bonds is 5. The highest BCUT2D eigenvalue weighted by atomic mass is 16.7. The van der Waals surface area contributed by atoms with Crippen LogP contribution in [0.5, 0.6) is 0 Å². The molecule has 2 aliphatic rings. The van der Waals surface area contributed by atoms with Crippen molar-refractivity contribution >= 4 is 12.0 Å². The largest absolute Gasteiger partial charge is 0.447 e. The van der Waals surface area contributed by atoms with Crippen molar-refractivity contribution in [3.8, 4) is 0 Å². The third kappa shape index (κ3) is 4.03. The molecule has 168 valence electrons. The number of cyclic esters (lactones) is 1. The molecule has 2 amide bonds. The summed E-state index contributed by atoms with van der Waals surface area (Å²) in [4.78, 5) is 33.5. The maximum absolute atomic E-state index is 13.6. The molecule has 5 rings (SSSR count). The van der Waals surface area contributed by atoms with Crippen LogP contribution in [0.4, 0.5) is 4.79 Å². The molecule has 2 heterocycles. The summed E-state index contributed by atoms with van der Waals surface area (Å²) in [7, 11) is 0. The van der Waals surface area contributed by atoms with E-state index in [1.165, 1.54) is 4.90 Å². The molecule has 0 N–H and O–H groups in total. The molecular weight excluding hydrogens is 416 g/mol. The average Bonchev–Trinajstić information content (AvgIpc) is 3.43. The Labute approximate surface area is 193 Å². The highest BCUT2D eigenvalue weighted by molar-refractivity contribution is 5.95. The zero-order chi connectivity index (χ0) is 22.8. The number of amides is 2. The van der Waals surface area contributed by atoms with Gasteiger partial charge < -0.3 is 4.74 Å². The number of carbonyl (C=O) groups is 2. The van der Waals surface area contributed by atoms with Crippen molar-refractivity contribution in [1.82, 2.24) is 9.96 Å². The highest BCUT2D eigenvalue weighted by Gasteiger charge is 2.51. The first kappa shape index (κ1) is 21.4. The van der Waals surface area contributed by atoms with Gasteiger partial charge in [0.05, 0.1) is 30.7 Å². The van der Waals surface area contributed by atoms with E-state index in [2.05, 4.69) is 24.3 Å². The van der Waals surface area contributed by atoms with Crippen LogP contribution in [0.15, 0.2) is 91.0 Å². The van der Waals surface area contributed by atoms with E-state index in [0.29, 0.717) is 0 Å². The zero-order valence-electron chi connectivity index (χ0n) is 18.4. The Bertz CT molecular complexity index is 1070. The fourth-order valence-electron chi connectivity index (χ4n) is 4.83. The van der Waals surface area contributed by atoms with Gasteiger partial charge in [0.15, 0.2) is 0 Å². The Morgan fingerprint density at radius 2 is 1.42 bits per heavy atom. The standard InChI is InChI=1S/C27H26N2O4/c1-19-23(26(30)28-17-18-32-27(28)31)25(22-15-9-4-10-16-22)29(33-19)24(20-11-5-2-6-12-20)21-13-7-3-8-14-21/h2-16,19,23-25H,17-18H2,1H3/t19?,23-,25-/m1/s1. The molecule has 0 saturated carbocycles. The van der Waals surface area contributed by atoms with Gasteiger partial charge in [-0.25, -0.2) is 9.69 Å². The van der Waals surface area contributed by atoms with Crippen molar-refractivity contribution in [2.75, 3.05) is 13.2 Å². The summed E-state index contributed by atoms with van der Waals surface area (Å²) in [5, 5.41) is 1.94. The van der Waals surface area contributed by atoms with E-state index < -0.39 is 18.1 Å². The number of hydrogen-bond acceptors (Lipinski definition) is 5. The van der Waals surface area contributed by atoms with Gasteiger partial charge in [-0.15, -0.1) is 0 Å². The second kappa shape index (κ2) is 9.17. The van der Waals surface area contributed by atoms with Crippen LogP contribution in [-0.4, -0.2) is 41.2 Å². The molecule has 2 aliphatic heterocycles. The van der Waals surface area contributed by atoms with Crippen LogP contribution in [-0.2, 0) is 14.4 Å². The number of ether oxygens (including phenoxy) is 1. The maximum Gasteiger partial charge on any atom is 0.416 e. The third-order valence-corrected chi connectivity index (χ3v) is 6.35. The predicted molar refractivity (Wildman–Crippen MR) is 123 cm³/mol. The van der Waals surface area contributed by atoms with Gasteiger partial charge in [-0.1, -0.05) is 91.0 Å². The molecule has 33 heavy (non-hydrogen) atoms. The van der Waals surface area contributed by atoms with Crippen molar-refractivity contribution in [2.24, 2.45) is 5.92 Å². The Kier molecular flexibility index (Phi) is 5.94. The summed E-state index contributed by atoms with van der Waals surface area (Å²) in [6.07, 6.45) is -1.01. The van der Waals surface area contributed by atoms with E-state index >= 15 is 0 Å². The van der Waals surface area contributed by atoms with Gasteiger partial charge >= 0.3 is 6.09 Å². The monoisotopic (exact) mass is 442 g/mol. The van der Waals surface area contributed by atoms with Crippen LogP contribution in [0.25, 0.3) is 0 Å². The summed E-state index contributed by atoms with van der Waals surface area (Å²) in [6.45, 7) is 2.39. The topological polar surface area (TPSA) is 59.1 Å². The lowest BCUT2D eigenvalue weighted by molar-refractivity contribution is -0.180. The van der Waals surface area contributed by atoms with Crippen LogP contribution < -0.4 is 0 Å². The van der Waals surface area contributed by atoms with E-state index in [0.717, 1.165) is 16.7 Å². The Morgan fingerprint density at radius 3 is 1.94 bits per heavy atom. The van der Waals surface area contributed by atoms with Crippen LogP contribution >= 0.6 is 0 Å². The van der Waals surface area contributed by atoms with Crippen molar-refractivity contribution in [3.63, 3.8) is 0 Å². The van der Waals surface area contributed by atoms with Gasteiger partial charge in [-0.05, 0) is 23.6 Å². The minimum absolute atomic E-state index is 0.225. The molecule has 2 fully saturated rings. The Hall–Kier alpha value is -3.48. The first-order valence-electron chi connectivity index (χ1n) is 11.2. The number of benzene rings is 3. The lowest BCUT2D eigenvalue weighted by atomic mass is 9.87. The van der Waals surface area contributed by atoms with E-state index in [1.54, 1.807) is 0 Å². The lowest BCUT2D eigenvalue weighted by Gasteiger charge is -2.33. The summed E-state index contributed by atoms with van der Waals surface area (Å²) in [5.41, 5.74) is 3.08. The second-order valence-electron chi connectivity index (χ2n) is 8.38. The summed E-state index contributed by atoms with van der Waals surface area (Å²) in [6, 6.07) is 29.5. The lowest BCUT2D eigenvalue weighted by Crippen LogP contribution is -2.42. The quantitative estimate of drug-likeness (QED) is 0.571. The zero-order valence-corrected chi connectivity index (χ0v) is 18.4. The van der Waals surface area contributed by atoms with Crippen molar-refractivity contribution in [1.29, 1.82) is 0 Å². The first-order valence-corrected chi connectivity index (χ1v) is 11.2. The molecule has 2 saturated heterocycles. The summed E-state index contributed by atoms with van der Waals surface area (Å²) in [5.74, 6) is -0.825. The second-order valence-corrected chi connectivity index (χ2v) is 8.38. The maximum atomic E-state index is 13.6. The molecule has 6 nitrogen and oxygen atoms in total. The summed E-state index contributed by atoms with van der Waals surface area (Å²) < 4.78 is 5.05. The molecule has 3 aromatic carbocycles. The molecule has 0 aromatic heterocycles. The van der Waals surface area contributed by atoms with Gasteiger partial charge in [0.2, 0.25) is 5.91 Å². The minimum Gasteiger partial charge on any atom is -0.447 e. The number of hydroxylamine groups is 2. The van der Waals surface area contributed by atoms with E-state index in [-0.39, 0.29) is 31.1 Å². The van der Waals surface area contributed by atoms with E-state index in [9.17, 15) is 9.59 Å². The number of nitrogens with zero attached hydrogens (tertiary/aromatic N) is 2. The fourth-order valence-corrected chi connectivity index (χ4v) is 4.83. The molecule has 0 spiro atoms. The molecule has 6 heteroatoms. The molecule has 3 aromatic rings. The molecular formula is C27H26N2O4. The van der Waals surface area contributed by atoms with Crippen LogP contribution in [0, 0.1) is 5.92 Å². The van der Waals surface area contributed by atoms with Gasteiger partial charge in [-0.2, -0.15) is 5.06 Å². The van der Waals surface area contributed by atoms with Crippen molar-refractivity contribution in [3.05, 3.63) is 108 Å². The van der Waals surface area contributed by atoms with Crippen molar-refractivity contribution in [2.45, 2.75) is 25.1 Å². The van der Waals surface area contributed by atoms with Crippen LogP contribution in [0.3, 0.4) is 0 Å². The smallest absolute Gasteiger partial charge is 0.416 e. The van der Waals surface area contributed by atoms with Gasteiger partial charge in [0, 0.05) is 0 Å². The van der Waals surface area contributed by atoms with E-state index in [4.69, 9.17) is 9.57 Å². The van der Waals surface area contributed by atoms with E-state index in [1.807, 2.05) is 78.7 Å². The highest BCUT2D eigenvalue weighted by Crippen LogP contribution is 2.47. The fraction of sp³-hybridized carbons (Fsp3) is 0.259. The average molecular weight is 443 g/mol. The van der Waals surface area contributed by atoms with Crippen molar-refractivity contribution < 1.29 is 19.2 Å². The number of imide groups is 1. The number of hydrogen-bond donors (Lipinski definition) is 0. The van der Waals surface area contributed by atoms with Gasteiger partial charge in [0.25, 0.3) is 0 Å². The summed E-state index contributed by atoms with van der Waals surface area (Å²) >= 11 is 0. The first-order chi connectivity index (χ1) is 16.1. The molecule has 0 radical (unpaired) electrons. The minimum atomic E-state index is -0.583. The molecule has 3 atom stereocenters. The predicted octanol–water partition coefficient (Wildman–Crippen LogP) is 4.75. The third-order valence-electron chi connectivity index (χ3n) is 6.35. The molecule has 1 unspecified atom stereocenters. The number of carbonyl (C=O) groups excluding carboxylic acids is 2. The molecule has 0 bridgehead atoms. The van der Waals surface area contributed by atoms with Gasteiger partial charge in [0.1, 0.15) is 6.61 Å². The Morgan fingerprint density at radius 1 is 0.879 bits per heavy atom.